The standard InChI is InChI=1S/C24H20FN5O2/c25-16-5-6-19-18(12-16)24(29-23(28-19)17-3-1-2-4-21(17)31)30-10-8-15(13-30)20-11-14(22(26)32)7-9-27-20/h1-7,9,11-12,15,31H,8,10,13H2,(H2,26,32)/t15-/m1/s1. The molecule has 0 bridgehead atoms. The lowest BCUT2D eigenvalue weighted by Gasteiger charge is -2.20. The Bertz CT molecular complexity index is 1340. The number of aromatic hydroxyl groups is 1. The first kappa shape index (κ1) is 19.9. The van der Waals surface area contributed by atoms with Gasteiger partial charge < -0.3 is 15.7 Å². The van der Waals surface area contributed by atoms with Gasteiger partial charge in [0.15, 0.2) is 5.82 Å². The molecule has 1 aliphatic heterocycles. The van der Waals surface area contributed by atoms with Crippen molar-refractivity contribution in [3.8, 4) is 17.1 Å². The van der Waals surface area contributed by atoms with Gasteiger partial charge >= 0.3 is 0 Å². The van der Waals surface area contributed by atoms with Crippen molar-refractivity contribution >= 4 is 22.6 Å². The predicted molar refractivity (Wildman–Crippen MR) is 119 cm³/mol. The number of anilines is 1. The van der Waals surface area contributed by atoms with E-state index in [9.17, 15) is 14.3 Å². The van der Waals surface area contributed by atoms with Crippen LogP contribution in [0.3, 0.4) is 0 Å². The Morgan fingerprint density at radius 2 is 1.97 bits per heavy atom. The number of nitrogens with zero attached hydrogens (tertiary/aromatic N) is 4. The summed E-state index contributed by atoms with van der Waals surface area (Å²) < 4.78 is 14.1. The van der Waals surface area contributed by atoms with E-state index in [1.807, 2.05) is 0 Å². The zero-order valence-electron chi connectivity index (χ0n) is 17.1. The summed E-state index contributed by atoms with van der Waals surface area (Å²) in [5.41, 5.74) is 7.71. The van der Waals surface area contributed by atoms with Crippen molar-refractivity contribution in [3.05, 3.63) is 77.9 Å². The van der Waals surface area contributed by atoms with Gasteiger partial charge in [0.25, 0.3) is 0 Å². The number of primary amides is 1. The first-order chi connectivity index (χ1) is 15.5. The number of para-hydroxylation sites is 1. The maximum atomic E-state index is 14.1. The van der Waals surface area contributed by atoms with E-state index in [1.54, 1.807) is 48.7 Å². The van der Waals surface area contributed by atoms with Crippen LogP contribution in [0, 0.1) is 5.82 Å². The lowest BCUT2D eigenvalue weighted by atomic mass is 10.0. The fraction of sp³-hybridized carbons (Fsp3) is 0.167. The van der Waals surface area contributed by atoms with Gasteiger partial charge in [-0.25, -0.2) is 14.4 Å². The molecule has 32 heavy (non-hydrogen) atoms. The highest BCUT2D eigenvalue weighted by molar-refractivity contribution is 5.93. The molecule has 160 valence electrons. The zero-order valence-corrected chi connectivity index (χ0v) is 17.1. The molecule has 0 saturated carbocycles. The van der Waals surface area contributed by atoms with Gasteiger partial charge in [0.05, 0.1) is 11.1 Å². The summed E-state index contributed by atoms with van der Waals surface area (Å²) in [5, 5.41) is 10.9. The Kier molecular flexibility index (Phi) is 4.89. The van der Waals surface area contributed by atoms with Gasteiger partial charge in [-0.15, -0.1) is 0 Å². The molecule has 1 aliphatic rings. The van der Waals surface area contributed by atoms with Crippen molar-refractivity contribution in [2.24, 2.45) is 5.73 Å². The quantitative estimate of drug-likeness (QED) is 0.513. The minimum absolute atomic E-state index is 0.0708. The Hall–Kier alpha value is -4.07. The van der Waals surface area contributed by atoms with E-state index in [0.29, 0.717) is 46.8 Å². The van der Waals surface area contributed by atoms with Gasteiger partial charge in [-0.2, -0.15) is 0 Å². The number of carbonyl (C=O) groups is 1. The second-order valence-corrected chi connectivity index (χ2v) is 7.81. The monoisotopic (exact) mass is 429 g/mol. The number of amides is 1. The second-order valence-electron chi connectivity index (χ2n) is 7.81. The molecular weight excluding hydrogens is 409 g/mol. The highest BCUT2D eigenvalue weighted by atomic mass is 19.1. The highest BCUT2D eigenvalue weighted by Crippen LogP contribution is 2.35. The Balaban J connectivity index is 1.56. The number of fused-ring (bicyclic) bond motifs is 1. The van der Waals surface area contributed by atoms with E-state index in [1.165, 1.54) is 12.1 Å². The van der Waals surface area contributed by atoms with Crippen molar-refractivity contribution < 1.29 is 14.3 Å². The molecule has 3 N–H and O–H groups in total. The van der Waals surface area contributed by atoms with Crippen molar-refractivity contribution in [1.82, 2.24) is 15.0 Å². The van der Waals surface area contributed by atoms with Gasteiger partial charge in [-0.3, -0.25) is 9.78 Å². The van der Waals surface area contributed by atoms with Crippen molar-refractivity contribution in [3.63, 3.8) is 0 Å². The molecule has 3 heterocycles. The predicted octanol–water partition coefficient (Wildman–Crippen LogP) is 3.63. The molecular formula is C24H20FN5O2. The molecule has 0 aliphatic carbocycles. The number of nitrogens with two attached hydrogens (primary N) is 1. The minimum atomic E-state index is -0.493. The number of rotatable bonds is 4. The van der Waals surface area contributed by atoms with Gasteiger partial charge in [0.1, 0.15) is 17.4 Å². The summed E-state index contributed by atoms with van der Waals surface area (Å²) >= 11 is 0. The summed E-state index contributed by atoms with van der Waals surface area (Å²) in [4.78, 5) is 27.3. The summed E-state index contributed by atoms with van der Waals surface area (Å²) in [6.07, 6.45) is 2.38. The summed E-state index contributed by atoms with van der Waals surface area (Å²) in [7, 11) is 0. The van der Waals surface area contributed by atoms with Crippen LogP contribution < -0.4 is 10.6 Å². The fourth-order valence-electron chi connectivity index (χ4n) is 4.13. The number of carbonyl (C=O) groups excluding carboxylic acids is 1. The molecule has 1 amide bonds. The van der Waals surface area contributed by atoms with Crippen LogP contribution >= 0.6 is 0 Å². The van der Waals surface area contributed by atoms with Gasteiger partial charge in [-0.1, -0.05) is 12.1 Å². The number of phenols is 1. The molecule has 5 rings (SSSR count). The van der Waals surface area contributed by atoms with E-state index in [0.717, 1.165) is 12.1 Å². The zero-order chi connectivity index (χ0) is 22.2. The summed E-state index contributed by atoms with van der Waals surface area (Å²) in [6.45, 7) is 1.27. The first-order valence-corrected chi connectivity index (χ1v) is 10.3. The Morgan fingerprint density at radius 3 is 2.78 bits per heavy atom. The Morgan fingerprint density at radius 1 is 1.12 bits per heavy atom. The topological polar surface area (TPSA) is 105 Å². The van der Waals surface area contributed by atoms with Crippen LogP contribution in [0.2, 0.25) is 0 Å². The molecule has 8 heteroatoms. The minimum Gasteiger partial charge on any atom is -0.507 e. The van der Waals surface area contributed by atoms with Crippen LogP contribution in [-0.2, 0) is 0 Å². The number of hydrogen-bond donors (Lipinski definition) is 2. The molecule has 0 unspecified atom stereocenters. The van der Waals surface area contributed by atoms with E-state index in [2.05, 4.69) is 14.9 Å². The van der Waals surface area contributed by atoms with Crippen molar-refractivity contribution in [1.29, 1.82) is 0 Å². The number of halogens is 1. The van der Waals surface area contributed by atoms with Gasteiger partial charge in [0.2, 0.25) is 5.91 Å². The molecule has 2 aromatic carbocycles. The van der Waals surface area contributed by atoms with Gasteiger partial charge in [-0.05, 0) is 48.9 Å². The van der Waals surface area contributed by atoms with Crippen LogP contribution in [0.15, 0.2) is 60.8 Å². The number of hydrogen-bond acceptors (Lipinski definition) is 6. The maximum absolute atomic E-state index is 14.1. The van der Waals surface area contributed by atoms with E-state index in [4.69, 9.17) is 10.7 Å². The summed E-state index contributed by atoms with van der Waals surface area (Å²) in [5.74, 6) is 0.251. The summed E-state index contributed by atoms with van der Waals surface area (Å²) in [6, 6.07) is 14.6. The number of pyridine rings is 1. The number of phenolic OH excluding ortho intramolecular Hbond substituents is 1. The Labute approximate surface area is 183 Å². The molecule has 0 radical (unpaired) electrons. The molecule has 1 fully saturated rings. The van der Waals surface area contributed by atoms with Crippen LogP contribution in [0.25, 0.3) is 22.3 Å². The molecule has 7 nitrogen and oxygen atoms in total. The fourth-order valence-corrected chi connectivity index (χ4v) is 4.13. The van der Waals surface area contributed by atoms with Crippen LogP contribution in [0.4, 0.5) is 10.2 Å². The van der Waals surface area contributed by atoms with Crippen molar-refractivity contribution in [2.45, 2.75) is 12.3 Å². The third-order valence-corrected chi connectivity index (χ3v) is 5.75. The normalized spacial score (nSPS) is 15.9. The maximum Gasteiger partial charge on any atom is 0.248 e. The highest BCUT2D eigenvalue weighted by Gasteiger charge is 2.28. The molecule has 0 spiro atoms. The molecule has 4 aromatic rings. The van der Waals surface area contributed by atoms with Crippen LogP contribution in [-0.4, -0.2) is 39.1 Å². The van der Waals surface area contributed by atoms with E-state index >= 15 is 0 Å². The lowest BCUT2D eigenvalue weighted by Crippen LogP contribution is -2.21. The second kappa shape index (κ2) is 7.88. The third kappa shape index (κ3) is 3.60. The average molecular weight is 429 g/mol. The third-order valence-electron chi connectivity index (χ3n) is 5.75. The van der Waals surface area contributed by atoms with Gasteiger partial charge in [0, 0.05) is 41.8 Å². The molecule has 2 aromatic heterocycles. The molecule has 1 atom stereocenters. The number of aromatic nitrogens is 3. The average Bonchev–Trinajstić information content (AvgIpc) is 3.29. The van der Waals surface area contributed by atoms with E-state index < -0.39 is 5.91 Å². The largest absolute Gasteiger partial charge is 0.507 e. The number of benzene rings is 2. The first-order valence-electron chi connectivity index (χ1n) is 10.3. The smallest absolute Gasteiger partial charge is 0.248 e. The van der Waals surface area contributed by atoms with E-state index in [-0.39, 0.29) is 17.5 Å². The SMILES string of the molecule is NC(=O)c1ccnc([C@@H]2CCN(c3nc(-c4ccccc4O)nc4ccc(F)cc34)C2)c1. The van der Waals surface area contributed by atoms with Crippen LogP contribution in [0.5, 0.6) is 5.75 Å². The molecule has 1 saturated heterocycles. The van der Waals surface area contributed by atoms with Crippen LogP contribution in [0.1, 0.15) is 28.4 Å². The lowest BCUT2D eigenvalue weighted by molar-refractivity contribution is 0.1000. The van der Waals surface area contributed by atoms with Crippen molar-refractivity contribution in [2.75, 3.05) is 18.0 Å².